The second-order valence-corrected chi connectivity index (χ2v) is 2.98. The minimum absolute atomic E-state index is 0.180. The van der Waals surface area contributed by atoms with Gasteiger partial charge in [0.2, 0.25) is 0 Å². The van der Waals surface area contributed by atoms with Crippen LogP contribution in [0.1, 0.15) is 24.5 Å². The summed E-state index contributed by atoms with van der Waals surface area (Å²) in [6.07, 6.45) is 1.57. The van der Waals surface area contributed by atoms with Crippen LogP contribution in [0.3, 0.4) is 0 Å². The van der Waals surface area contributed by atoms with Gasteiger partial charge in [-0.15, -0.1) is 0 Å². The van der Waals surface area contributed by atoms with Gasteiger partial charge in [-0.3, -0.25) is 0 Å². The molecule has 1 aromatic carbocycles. The number of benzene rings is 1. The summed E-state index contributed by atoms with van der Waals surface area (Å²) in [5.74, 6) is -0.0352. The van der Waals surface area contributed by atoms with E-state index in [0.717, 1.165) is 6.42 Å². The molecule has 0 bridgehead atoms. The predicted octanol–water partition coefficient (Wildman–Crippen LogP) is 2.79. The van der Waals surface area contributed by atoms with Crippen molar-refractivity contribution in [3.63, 3.8) is 0 Å². The summed E-state index contributed by atoms with van der Waals surface area (Å²) in [7, 11) is 0. The molecule has 0 radical (unpaired) electrons. The molecule has 0 amide bonds. The molecular formula is C10H13FO. The highest BCUT2D eigenvalue weighted by Gasteiger charge is 2.04. The average Bonchev–Trinajstić information content (AvgIpc) is 2.01. The first-order chi connectivity index (χ1) is 5.65. The lowest BCUT2D eigenvalue weighted by Crippen LogP contribution is -1.90. The monoisotopic (exact) mass is 168 g/mol. The summed E-state index contributed by atoms with van der Waals surface area (Å²) in [4.78, 5) is 0. The van der Waals surface area contributed by atoms with Crippen molar-refractivity contribution in [2.24, 2.45) is 0 Å². The SMILES string of the molecule is CCCc1cc(O)c(C)cc1F. The number of phenols is 1. The van der Waals surface area contributed by atoms with Crippen LogP contribution in [0, 0.1) is 12.7 Å². The van der Waals surface area contributed by atoms with Gasteiger partial charge in [0.25, 0.3) is 0 Å². The van der Waals surface area contributed by atoms with Gasteiger partial charge in [-0.05, 0) is 36.6 Å². The Bertz CT molecular complexity index is 281. The third-order valence-electron chi connectivity index (χ3n) is 1.88. The first-order valence-electron chi connectivity index (χ1n) is 4.13. The fourth-order valence-electron chi connectivity index (χ4n) is 1.17. The highest BCUT2D eigenvalue weighted by Crippen LogP contribution is 2.21. The van der Waals surface area contributed by atoms with Crippen LogP contribution in [-0.2, 0) is 6.42 Å². The molecule has 0 aromatic heterocycles. The molecular weight excluding hydrogens is 155 g/mol. The zero-order valence-electron chi connectivity index (χ0n) is 7.39. The number of phenolic OH excluding ortho intramolecular Hbond substituents is 1. The van der Waals surface area contributed by atoms with Gasteiger partial charge in [0.1, 0.15) is 11.6 Å². The van der Waals surface area contributed by atoms with Crippen molar-refractivity contribution in [2.45, 2.75) is 26.7 Å². The molecule has 1 N–H and O–H groups in total. The molecule has 66 valence electrons. The standard InChI is InChI=1S/C10H13FO/c1-3-4-8-6-10(12)7(2)5-9(8)11/h5-6,12H,3-4H2,1-2H3. The second kappa shape index (κ2) is 3.57. The van der Waals surface area contributed by atoms with Gasteiger partial charge in [0.05, 0.1) is 0 Å². The summed E-state index contributed by atoms with van der Waals surface area (Å²) in [6.45, 7) is 3.67. The van der Waals surface area contributed by atoms with E-state index in [0.29, 0.717) is 17.5 Å². The maximum Gasteiger partial charge on any atom is 0.126 e. The summed E-state index contributed by atoms with van der Waals surface area (Å²) in [6, 6.07) is 2.88. The van der Waals surface area contributed by atoms with Gasteiger partial charge in [-0.1, -0.05) is 13.3 Å². The van der Waals surface area contributed by atoms with Crippen molar-refractivity contribution in [3.05, 3.63) is 29.1 Å². The Hall–Kier alpha value is -1.05. The van der Waals surface area contributed by atoms with Gasteiger partial charge in [0, 0.05) is 0 Å². The fourth-order valence-corrected chi connectivity index (χ4v) is 1.17. The lowest BCUT2D eigenvalue weighted by Gasteiger charge is -2.04. The third kappa shape index (κ3) is 1.76. The van der Waals surface area contributed by atoms with Gasteiger partial charge < -0.3 is 5.11 Å². The van der Waals surface area contributed by atoms with E-state index >= 15 is 0 Å². The number of hydrogen-bond acceptors (Lipinski definition) is 1. The van der Waals surface area contributed by atoms with E-state index in [2.05, 4.69) is 0 Å². The van der Waals surface area contributed by atoms with E-state index in [1.54, 1.807) is 6.92 Å². The van der Waals surface area contributed by atoms with E-state index in [4.69, 9.17) is 0 Å². The Morgan fingerprint density at radius 2 is 2.08 bits per heavy atom. The fraction of sp³-hybridized carbons (Fsp3) is 0.400. The molecule has 1 rings (SSSR count). The van der Waals surface area contributed by atoms with Crippen LogP contribution in [0.2, 0.25) is 0 Å². The molecule has 0 aliphatic carbocycles. The van der Waals surface area contributed by atoms with E-state index in [-0.39, 0.29) is 11.6 Å². The molecule has 0 saturated heterocycles. The van der Waals surface area contributed by atoms with Crippen molar-refractivity contribution in [3.8, 4) is 5.75 Å². The third-order valence-corrected chi connectivity index (χ3v) is 1.88. The van der Waals surface area contributed by atoms with Crippen LogP contribution < -0.4 is 0 Å². The van der Waals surface area contributed by atoms with Gasteiger partial charge >= 0.3 is 0 Å². The van der Waals surface area contributed by atoms with Crippen molar-refractivity contribution < 1.29 is 9.50 Å². The maximum absolute atomic E-state index is 13.1. The molecule has 0 unspecified atom stereocenters. The van der Waals surface area contributed by atoms with Crippen LogP contribution in [0.5, 0.6) is 5.75 Å². The molecule has 0 spiro atoms. The Morgan fingerprint density at radius 3 is 2.67 bits per heavy atom. The Kier molecular flexibility index (Phi) is 2.69. The van der Waals surface area contributed by atoms with E-state index in [1.165, 1.54) is 12.1 Å². The Morgan fingerprint density at radius 1 is 1.42 bits per heavy atom. The molecule has 0 heterocycles. The quantitative estimate of drug-likeness (QED) is 0.719. The van der Waals surface area contributed by atoms with Crippen molar-refractivity contribution in [2.75, 3.05) is 0 Å². The summed E-state index contributed by atoms with van der Waals surface area (Å²) >= 11 is 0. The number of aryl methyl sites for hydroxylation is 2. The number of hydrogen-bond donors (Lipinski definition) is 1. The minimum atomic E-state index is -0.216. The maximum atomic E-state index is 13.1. The lowest BCUT2D eigenvalue weighted by atomic mass is 10.1. The number of aromatic hydroxyl groups is 1. The summed E-state index contributed by atoms with van der Waals surface area (Å²) in [5, 5.41) is 9.28. The van der Waals surface area contributed by atoms with Crippen molar-refractivity contribution in [1.82, 2.24) is 0 Å². The van der Waals surface area contributed by atoms with Crippen LogP contribution in [0.15, 0.2) is 12.1 Å². The first kappa shape index (κ1) is 9.04. The van der Waals surface area contributed by atoms with Gasteiger partial charge in [-0.2, -0.15) is 0 Å². The van der Waals surface area contributed by atoms with Gasteiger partial charge in [-0.25, -0.2) is 4.39 Å². The smallest absolute Gasteiger partial charge is 0.126 e. The zero-order valence-corrected chi connectivity index (χ0v) is 7.39. The molecule has 0 aliphatic heterocycles. The molecule has 12 heavy (non-hydrogen) atoms. The van der Waals surface area contributed by atoms with E-state index in [9.17, 15) is 9.50 Å². The number of halogens is 1. The lowest BCUT2D eigenvalue weighted by molar-refractivity contribution is 0.466. The zero-order chi connectivity index (χ0) is 9.14. The van der Waals surface area contributed by atoms with E-state index < -0.39 is 0 Å². The largest absolute Gasteiger partial charge is 0.508 e. The molecule has 0 aliphatic rings. The molecule has 0 atom stereocenters. The van der Waals surface area contributed by atoms with Gasteiger partial charge in [0.15, 0.2) is 0 Å². The van der Waals surface area contributed by atoms with Crippen LogP contribution in [0.4, 0.5) is 4.39 Å². The number of rotatable bonds is 2. The predicted molar refractivity (Wildman–Crippen MR) is 46.8 cm³/mol. The Balaban J connectivity index is 3.05. The van der Waals surface area contributed by atoms with Crippen molar-refractivity contribution in [1.29, 1.82) is 0 Å². The highest BCUT2D eigenvalue weighted by molar-refractivity contribution is 5.36. The second-order valence-electron chi connectivity index (χ2n) is 2.98. The molecule has 2 heteroatoms. The molecule has 0 saturated carbocycles. The molecule has 0 fully saturated rings. The topological polar surface area (TPSA) is 20.2 Å². The minimum Gasteiger partial charge on any atom is -0.508 e. The van der Waals surface area contributed by atoms with Crippen LogP contribution >= 0.6 is 0 Å². The molecule has 1 aromatic rings. The average molecular weight is 168 g/mol. The summed E-state index contributed by atoms with van der Waals surface area (Å²) in [5.41, 5.74) is 1.19. The van der Waals surface area contributed by atoms with Crippen LogP contribution in [-0.4, -0.2) is 5.11 Å². The normalized spacial score (nSPS) is 10.2. The highest BCUT2D eigenvalue weighted by atomic mass is 19.1. The molecule has 1 nitrogen and oxygen atoms in total. The van der Waals surface area contributed by atoms with E-state index in [1.807, 2.05) is 6.92 Å². The van der Waals surface area contributed by atoms with Crippen LogP contribution in [0.25, 0.3) is 0 Å². The first-order valence-corrected chi connectivity index (χ1v) is 4.13. The Labute approximate surface area is 71.9 Å². The summed E-state index contributed by atoms with van der Waals surface area (Å²) < 4.78 is 13.1. The van der Waals surface area contributed by atoms with Crippen molar-refractivity contribution >= 4 is 0 Å².